The summed E-state index contributed by atoms with van der Waals surface area (Å²) in [6.07, 6.45) is 3.11. The van der Waals surface area contributed by atoms with Crippen molar-refractivity contribution in [2.45, 2.75) is 25.3 Å². The second-order valence-corrected chi connectivity index (χ2v) is 5.66. The molecule has 1 unspecified atom stereocenters. The number of hydrogen-bond acceptors (Lipinski definition) is 4. The zero-order valence-corrected chi connectivity index (χ0v) is 9.70. The van der Waals surface area contributed by atoms with Crippen LogP contribution >= 0.6 is 0 Å². The molecular weight excluding hydrogens is 218 g/mol. The van der Waals surface area contributed by atoms with Crippen molar-refractivity contribution in [3.63, 3.8) is 0 Å². The standard InChI is InChI=1S/C9H17NO4S/c1-14-6-7-15(12,13)10-5-3-2-4-9(10)8-11/h8-9H,2-7H2,1H3. The number of carbonyl (C=O) groups excluding carboxylic acids is 1. The monoisotopic (exact) mass is 235 g/mol. The lowest BCUT2D eigenvalue weighted by atomic mass is 10.1. The molecule has 1 fully saturated rings. The maximum absolute atomic E-state index is 11.8. The van der Waals surface area contributed by atoms with Gasteiger partial charge in [-0.05, 0) is 12.8 Å². The largest absolute Gasteiger partial charge is 0.384 e. The molecule has 1 aliphatic rings. The van der Waals surface area contributed by atoms with Crippen LogP contribution in [0.5, 0.6) is 0 Å². The highest BCUT2D eigenvalue weighted by Gasteiger charge is 2.31. The second kappa shape index (κ2) is 5.58. The van der Waals surface area contributed by atoms with E-state index in [1.54, 1.807) is 0 Å². The Hall–Kier alpha value is -0.460. The normalized spacial score (nSPS) is 23.9. The predicted octanol–water partition coefficient (Wildman–Crippen LogP) is 0.0160. The van der Waals surface area contributed by atoms with Crippen molar-refractivity contribution in [2.75, 3.05) is 26.0 Å². The zero-order valence-electron chi connectivity index (χ0n) is 8.89. The smallest absolute Gasteiger partial charge is 0.217 e. The number of aldehydes is 1. The van der Waals surface area contributed by atoms with Crippen molar-refractivity contribution in [3.05, 3.63) is 0 Å². The fourth-order valence-electron chi connectivity index (χ4n) is 1.72. The molecule has 0 bridgehead atoms. The van der Waals surface area contributed by atoms with Gasteiger partial charge in [0.2, 0.25) is 10.0 Å². The first kappa shape index (κ1) is 12.6. The van der Waals surface area contributed by atoms with E-state index in [4.69, 9.17) is 4.74 Å². The molecule has 0 radical (unpaired) electrons. The van der Waals surface area contributed by atoms with Gasteiger partial charge in [-0.3, -0.25) is 0 Å². The van der Waals surface area contributed by atoms with Crippen LogP contribution in [-0.4, -0.2) is 51.1 Å². The van der Waals surface area contributed by atoms with Gasteiger partial charge in [0.15, 0.2) is 0 Å². The van der Waals surface area contributed by atoms with Crippen LogP contribution in [0, 0.1) is 0 Å². The highest BCUT2D eigenvalue weighted by molar-refractivity contribution is 7.89. The second-order valence-electron chi connectivity index (χ2n) is 3.62. The number of nitrogens with zero attached hydrogens (tertiary/aromatic N) is 1. The van der Waals surface area contributed by atoms with Crippen LogP contribution in [-0.2, 0) is 19.6 Å². The maximum Gasteiger partial charge on any atom is 0.217 e. The Bertz CT molecular complexity index is 301. The third-order valence-electron chi connectivity index (χ3n) is 2.56. The zero-order chi connectivity index (χ0) is 11.3. The summed E-state index contributed by atoms with van der Waals surface area (Å²) in [6.45, 7) is 0.625. The van der Waals surface area contributed by atoms with Gasteiger partial charge in [-0.15, -0.1) is 0 Å². The topological polar surface area (TPSA) is 63.7 Å². The fourth-order valence-corrected chi connectivity index (χ4v) is 3.30. The van der Waals surface area contributed by atoms with Gasteiger partial charge in [0.05, 0.1) is 18.4 Å². The van der Waals surface area contributed by atoms with Crippen molar-refractivity contribution in [2.24, 2.45) is 0 Å². The average molecular weight is 235 g/mol. The minimum Gasteiger partial charge on any atom is -0.384 e. The van der Waals surface area contributed by atoms with Gasteiger partial charge >= 0.3 is 0 Å². The molecule has 0 aromatic heterocycles. The molecule has 1 aliphatic heterocycles. The van der Waals surface area contributed by atoms with Crippen LogP contribution < -0.4 is 0 Å². The molecule has 1 saturated heterocycles. The van der Waals surface area contributed by atoms with Crippen molar-refractivity contribution < 1.29 is 17.9 Å². The highest BCUT2D eigenvalue weighted by Crippen LogP contribution is 2.19. The van der Waals surface area contributed by atoms with E-state index in [1.807, 2.05) is 0 Å². The first-order valence-electron chi connectivity index (χ1n) is 5.05. The summed E-state index contributed by atoms with van der Waals surface area (Å²) in [5.74, 6) is -0.0478. The summed E-state index contributed by atoms with van der Waals surface area (Å²) in [7, 11) is -1.87. The SMILES string of the molecule is COCCS(=O)(=O)N1CCCCC1C=O. The average Bonchev–Trinajstić information content (AvgIpc) is 2.26. The van der Waals surface area contributed by atoms with Crippen LogP contribution in [0.15, 0.2) is 0 Å². The van der Waals surface area contributed by atoms with Crippen LogP contribution in [0.4, 0.5) is 0 Å². The molecule has 1 atom stereocenters. The Balaban J connectivity index is 2.70. The summed E-state index contributed by atoms with van der Waals surface area (Å²) in [6, 6.07) is -0.472. The fraction of sp³-hybridized carbons (Fsp3) is 0.889. The minimum atomic E-state index is -3.33. The molecule has 5 nitrogen and oxygen atoms in total. The summed E-state index contributed by atoms with van der Waals surface area (Å²) in [5.41, 5.74) is 0. The number of ether oxygens (including phenoxy) is 1. The Morgan fingerprint density at radius 1 is 1.47 bits per heavy atom. The number of hydrogen-bond donors (Lipinski definition) is 0. The first-order chi connectivity index (χ1) is 7.11. The van der Waals surface area contributed by atoms with Gasteiger partial charge in [0, 0.05) is 13.7 Å². The molecule has 0 aliphatic carbocycles. The molecule has 0 saturated carbocycles. The number of carbonyl (C=O) groups is 1. The van der Waals surface area contributed by atoms with E-state index in [2.05, 4.69) is 0 Å². The summed E-state index contributed by atoms with van der Waals surface area (Å²) in [5, 5.41) is 0. The Labute approximate surface area is 90.4 Å². The molecule has 88 valence electrons. The molecule has 0 spiro atoms. The predicted molar refractivity (Wildman–Crippen MR) is 56.1 cm³/mol. The lowest BCUT2D eigenvalue weighted by molar-refractivity contribution is -0.111. The van der Waals surface area contributed by atoms with E-state index in [0.717, 1.165) is 19.1 Å². The van der Waals surface area contributed by atoms with Gasteiger partial charge in [-0.1, -0.05) is 6.42 Å². The summed E-state index contributed by atoms with van der Waals surface area (Å²) in [4.78, 5) is 10.8. The molecule has 6 heteroatoms. The Morgan fingerprint density at radius 2 is 2.20 bits per heavy atom. The van der Waals surface area contributed by atoms with E-state index < -0.39 is 16.1 Å². The lowest BCUT2D eigenvalue weighted by Gasteiger charge is -2.31. The third-order valence-corrected chi connectivity index (χ3v) is 4.41. The van der Waals surface area contributed by atoms with E-state index >= 15 is 0 Å². The molecular formula is C9H17NO4S. The number of piperidine rings is 1. The van der Waals surface area contributed by atoms with E-state index in [0.29, 0.717) is 13.0 Å². The van der Waals surface area contributed by atoms with E-state index in [1.165, 1.54) is 11.4 Å². The van der Waals surface area contributed by atoms with Gasteiger partial charge in [-0.25, -0.2) is 8.42 Å². The molecule has 0 N–H and O–H groups in total. The van der Waals surface area contributed by atoms with Crippen molar-refractivity contribution in [3.8, 4) is 0 Å². The Morgan fingerprint density at radius 3 is 2.80 bits per heavy atom. The van der Waals surface area contributed by atoms with Gasteiger partial charge < -0.3 is 9.53 Å². The minimum absolute atomic E-state index is 0.0478. The van der Waals surface area contributed by atoms with Gasteiger partial charge in [0.1, 0.15) is 6.29 Å². The van der Waals surface area contributed by atoms with Gasteiger partial charge in [0.25, 0.3) is 0 Å². The summed E-state index contributed by atoms with van der Waals surface area (Å²) < 4.78 is 29.7. The molecule has 0 amide bonds. The molecule has 1 rings (SSSR count). The molecule has 0 aromatic carbocycles. The van der Waals surface area contributed by atoms with Crippen LogP contribution in [0.1, 0.15) is 19.3 Å². The van der Waals surface area contributed by atoms with Crippen LogP contribution in [0.2, 0.25) is 0 Å². The van der Waals surface area contributed by atoms with Gasteiger partial charge in [-0.2, -0.15) is 4.31 Å². The maximum atomic E-state index is 11.8. The van der Waals surface area contributed by atoms with Crippen molar-refractivity contribution >= 4 is 16.3 Å². The summed E-state index contributed by atoms with van der Waals surface area (Å²) >= 11 is 0. The van der Waals surface area contributed by atoms with Crippen molar-refractivity contribution in [1.29, 1.82) is 0 Å². The first-order valence-corrected chi connectivity index (χ1v) is 6.66. The number of sulfonamides is 1. The van der Waals surface area contributed by atoms with E-state index in [-0.39, 0.29) is 12.4 Å². The molecule has 1 heterocycles. The van der Waals surface area contributed by atoms with Crippen molar-refractivity contribution in [1.82, 2.24) is 4.31 Å². The highest BCUT2D eigenvalue weighted by atomic mass is 32.2. The lowest BCUT2D eigenvalue weighted by Crippen LogP contribution is -2.46. The molecule has 0 aromatic rings. The van der Waals surface area contributed by atoms with E-state index in [9.17, 15) is 13.2 Å². The Kier molecular flexibility index (Phi) is 4.69. The number of rotatable bonds is 5. The number of methoxy groups -OCH3 is 1. The van der Waals surface area contributed by atoms with Crippen LogP contribution in [0.25, 0.3) is 0 Å². The quantitative estimate of drug-likeness (QED) is 0.630. The molecule has 15 heavy (non-hydrogen) atoms. The third kappa shape index (κ3) is 3.25. The van der Waals surface area contributed by atoms with Crippen LogP contribution in [0.3, 0.4) is 0 Å².